The summed E-state index contributed by atoms with van der Waals surface area (Å²) in [4.78, 5) is 12.2. The van der Waals surface area contributed by atoms with Crippen molar-refractivity contribution in [2.75, 3.05) is 6.54 Å². The number of rotatable bonds is 5. The summed E-state index contributed by atoms with van der Waals surface area (Å²) >= 11 is 0. The van der Waals surface area contributed by atoms with Gasteiger partial charge in [-0.05, 0) is 44.4 Å². The number of hydrogen-bond acceptors (Lipinski definition) is 3. The maximum absolute atomic E-state index is 12.2. The van der Waals surface area contributed by atoms with E-state index in [0.29, 0.717) is 30.8 Å². The van der Waals surface area contributed by atoms with Gasteiger partial charge in [-0.15, -0.1) is 0 Å². The van der Waals surface area contributed by atoms with Crippen LogP contribution >= 0.6 is 0 Å². The van der Waals surface area contributed by atoms with Crippen LogP contribution < -0.4 is 10.6 Å². The molecule has 0 bridgehead atoms. The smallest absolute Gasteiger partial charge is 0.237 e. The second-order valence-electron chi connectivity index (χ2n) is 7.42. The fourth-order valence-corrected chi connectivity index (χ4v) is 3.87. The second kappa shape index (κ2) is 6.44. The first kappa shape index (κ1) is 15.8. The molecule has 1 aliphatic heterocycles. The van der Waals surface area contributed by atoms with Gasteiger partial charge in [-0.1, -0.05) is 26.7 Å². The van der Waals surface area contributed by atoms with E-state index in [1.165, 1.54) is 25.7 Å². The lowest BCUT2D eigenvalue weighted by Gasteiger charge is -2.26. The normalized spacial score (nSPS) is 32.8. The van der Waals surface area contributed by atoms with E-state index in [-0.39, 0.29) is 11.9 Å². The molecular weight excluding hydrogens is 252 g/mol. The molecule has 2 fully saturated rings. The number of fused-ring (bicyclic) bond motifs is 1. The minimum atomic E-state index is -0.810. The lowest BCUT2D eigenvalue weighted by Crippen LogP contribution is -2.48. The quantitative estimate of drug-likeness (QED) is 0.721. The lowest BCUT2D eigenvalue weighted by atomic mass is 9.85. The van der Waals surface area contributed by atoms with Crippen LogP contribution in [0.25, 0.3) is 0 Å². The minimum Gasteiger partial charge on any atom is -0.388 e. The zero-order valence-electron chi connectivity index (χ0n) is 13.1. The van der Waals surface area contributed by atoms with Crippen molar-refractivity contribution in [3.63, 3.8) is 0 Å². The number of nitrogens with one attached hydrogen (secondary N) is 2. The van der Waals surface area contributed by atoms with Crippen molar-refractivity contribution in [2.24, 2.45) is 11.8 Å². The molecular formula is C16H30N2O2. The Bertz CT molecular complexity index is 327. The van der Waals surface area contributed by atoms with E-state index in [2.05, 4.69) is 24.5 Å². The molecule has 4 atom stereocenters. The summed E-state index contributed by atoms with van der Waals surface area (Å²) in [6.45, 7) is 6.31. The third-order valence-corrected chi connectivity index (χ3v) is 4.67. The molecule has 3 N–H and O–H groups in total. The molecule has 20 heavy (non-hydrogen) atoms. The van der Waals surface area contributed by atoms with Gasteiger partial charge in [0.1, 0.15) is 0 Å². The van der Waals surface area contributed by atoms with Crippen LogP contribution in [-0.4, -0.2) is 35.2 Å². The van der Waals surface area contributed by atoms with Gasteiger partial charge in [-0.25, -0.2) is 0 Å². The molecule has 0 aromatic rings. The van der Waals surface area contributed by atoms with Gasteiger partial charge in [0.2, 0.25) is 5.91 Å². The van der Waals surface area contributed by atoms with Gasteiger partial charge in [0.05, 0.1) is 11.6 Å². The van der Waals surface area contributed by atoms with Crippen LogP contribution in [0, 0.1) is 11.8 Å². The topological polar surface area (TPSA) is 61.4 Å². The minimum absolute atomic E-state index is 0.0575. The fraction of sp³-hybridized carbons (Fsp3) is 0.938. The molecule has 0 radical (unpaired) electrons. The molecule has 1 aliphatic carbocycles. The summed E-state index contributed by atoms with van der Waals surface area (Å²) in [5.41, 5.74) is -0.810. The van der Waals surface area contributed by atoms with E-state index in [1.807, 2.05) is 0 Å². The average molecular weight is 282 g/mol. The van der Waals surface area contributed by atoms with Crippen molar-refractivity contribution in [1.29, 1.82) is 0 Å². The number of carbonyl (C=O) groups is 1. The maximum atomic E-state index is 12.2. The standard InChI is InChI=1S/C16H30N2O2/c1-11(2)9-16(3,20)10-17-15(19)14-8-12-6-4-5-7-13(12)18-14/h11-14,18,20H,4-10H2,1-3H3,(H,17,19). The van der Waals surface area contributed by atoms with Crippen molar-refractivity contribution in [3.05, 3.63) is 0 Å². The molecule has 2 aliphatic rings. The molecule has 0 spiro atoms. The SMILES string of the molecule is CC(C)CC(C)(O)CNC(=O)C1CC2CCCCC2N1. The van der Waals surface area contributed by atoms with Gasteiger partial charge >= 0.3 is 0 Å². The van der Waals surface area contributed by atoms with Gasteiger partial charge in [0, 0.05) is 12.6 Å². The third-order valence-electron chi connectivity index (χ3n) is 4.67. The lowest BCUT2D eigenvalue weighted by molar-refractivity contribution is -0.124. The van der Waals surface area contributed by atoms with Gasteiger partial charge in [-0.3, -0.25) is 4.79 Å². The molecule has 0 aromatic carbocycles. The van der Waals surface area contributed by atoms with Gasteiger partial charge < -0.3 is 15.7 Å². The van der Waals surface area contributed by atoms with Crippen LogP contribution in [0.4, 0.5) is 0 Å². The maximum Gasteiger partial charge on any atom is 0.237 e. The van der Waals surface area contributed by atoms with Crippen LogP contribution in [0.2, 0.25) is 0 Å². The van der Waals surface area contributed by atoms with Gasteiger partial charge in [-0.2, -0.15) is 0 Å². The highest BCUT2D eigenvalue weighted by atomic mass is 16.3. The van der Waals surface area contributed by atoms with Crippen molar-refractivity contribution < 1.29 is 9.90 Å². The molecule has 1 heterocycles. The van der Waals surface area contributed by atoms with Crippen LogP contribution in [0.3, 0.4) is 0 Å². The number of hydrogen-bond donors (Lipinski definition) is 3. The predicted molar refractivity (Wildman–Crippen MR) is 80.4 cm³/mol. The van der Waals surface area contributed by atoms with Crippen molar-refractivity contribution >= 4 is 5.91 Å². The Hall–Kier alpha value is -0.610. The Kier molecular flexibility index (Phi) is 5.08. The third kappa shape index (κ3) is 4.19. The average Bonchev–Trinajstić information content (AvgIpc) is 2.78. The predicted octanol–water partition coefficient (Wildman–Crippen LogP) is 1.82. The fourth-order valence-electron chi connectivity index (χ4n) is 3.87. The first-order valence-corrected chi connectivity index (χ1v) is 8.13. The van der Waals surface area contributed by atoms with Crippen LogP contribution in [0.1, 0.15) is 59.3 Å². The zero-order valence-corrected chi connectivity index (χ0v) is 13.1. The van der Waals surface area contributed by atoms with Crippen LogP contribution in [0.15, 0.2) is 0 Å². The van der Waals surface area contributed by atoms with Crippen molar-refractivity contribution in [2.45, 2.75) is 77.0 Å². The monoisotopic (exact) mass is 282 g/mol. The van der Waals surface area contributed by atoms with Crippen molar-refractivity contribution in [1.82, 2.24) is 10.6 Å². The Morgan fingerprint density at radius 1 is 1.40 bits per heavy atom. The first-order chi connectivity index (χ1) is 9.37. The van der Waals surface area contributed by atoms with Crippen molar-refractivity contribution in [3.8, 4) is 0 Å². The molecule has 0 aromatic heterocycles. The van der Waals surface area contributed by atoms with E-state index in [1.54, 1.807) is 6.92 Å². The molecule has 4 nitrogen and oxygen atoms in total. The molecule has 4 heteroatoms. The van der Waals surface area contributed by atoms with E-state index in [4.69, 9.17) is 0 Å². The Morgan fingerprint density at radius 2 is 2.10 bits per heavy atom. The number of amides is 1. The highest BCUT2D eigenvalue weighted by molar-refractivity contribution is 5.82. The zero-order chi connectivity index (χ0) is 14.8. The molecule has 1 saturated carbocycles. The molecule has 4 unspecified atom stereocenters. The Balaban J connectivity index is 1.78. The number of aliphatic hydroxyl groups is 1. The highest BCUT2D eigenvalue weighted by Crippen LogP contribution is 2.33. The van der Waals surface area contributed by atoms with E-state index in [9.17, 15) is 9.90 Å². The summed E-state index contributed by atoms with van der Waals surface area (Å²) in [5, 5.41) is 16.7. The molecule has 2 rings (SSSR count). The summed E-state index contributed by atoms with van der Waals surface area (Å²) in [6.07, 6.45) is 6.72. The van der Waals surface area contributed by atoms with Gasteiger partial charge in [0.15, 0.2) is 0 Å². The highest BCUT2D eigenvalue weighted by Gasteiger charge is 2.38. The summed E-state index contributed by atoms with van der Waals surface area (Å²) in [6, 6.07) is 0.480. The summed E-state index contributed by atoms with van der Waals surface area (Å²) in [7, 11) is 0. The Morgan fingerprint density at radius 3 is 2.75 bits per heavy atom. The largest absolute Gasteiger partial charge is 0.388 e. The molecule has 1 amide bonds. The van der Waals surface area contributed by atoms with E-state index in [0.717, 1.165) is 6.42 Å². The first-order valence-electron chi connectivity index (χ1n) is 8.13. The van der Waals surface area contributed by atoms with Crippen LogP contribution in [-0.2, 0) is 4.79 Å². The summed E-state index contributed by atoms with van der Waals surface area (Å²) in [5.74, 6) is 1.16. The molecule has 116 valence electrons. The Labute approximate surface area is 122 Å². The summed E-state index contributed by atoms with van der Waals surface area (Å²) < 4.78 is 0. The van der Waals surface area contributed by atoms with E-state index < -0.39 is 5.60 Å². The molecule has 1 saturated heterocycles. The van der Waals surface area contributed by atoms with E-state index >= 15 is 0 Å². The second-order valence-corrected chi connectivity index (χ2v) is 7.42. The number of carbonyl (C=O) groups excluding carboxylic acids is 1. The van der Waals surface area contributed by atoms with Crippen LogP contribution in [0.5, 0.6) is 0 Å². The van der Waals surface area contributed by atoms with Gasteiger partial charge in [0.25, 0.3) is 0 Å².